The fourth-order valence-electron chi connectivity index (χ4n) is 2.74. The lowest BCUT2D eigenvalue weighted by molar-refractivity contribution is -0.121. The Bertz CT molecular complexity index is 747. The van der Waals surface area contributed by atoms with Gasteiger partial charge in [0.2, 0.25) is 11.8 Å². The van der Waals surface area contributed by atoms with Gasteiger partial charge in [0, 0.05) is 23.7 Å². The highest BCUT2D eigenvalue weighted by Gasteiger charge is 2.31. The number of hydrogen-bond acceptors (Lipinski definition) is 2. The number of nitrogens with zero attached hydrogens (tertiary/aromatic N) is 1. The highest BCUT2D eigenvalue weighted by atomic mass is 35.5. The minimum atomic E-state index is -0.349. The average molecular weight is 347 g/mol. The molecule has 124 valence electrons. The molecule has 1 fully saturated rings. The summed E-state index contributed by atoms with van der Waals surface area (Å²) in [5.41, 5.74) is 1.49. The van der Waals surface area contributed by atoms with Crippen LogP contribution in [0.15, 0.2) is 48.5 Å². The molecule has 1 heterocycles. The van der Waals surface area contributed by atoms with E-state index in [1.807, 2.05) is 0 Å². The molecule has 0 saturated carbocycles. The first-order valence-electron chi connectivity index (χ1n) is 7.61. The third kappa shape index (κ3) is 3.92. The first-order valence-corrected chi connectivity index (χ1v) is 7.99. The zero-order valence-corrected chi connectivity index (χ0v) is 13.6. The summed E-state index contributed by atoms with van der Waals surface area (Å²) < 4.78 is 13.0. The second kappa shape index (κ2) is 7.01. The molecule has 1 atom stereocenters. The molecule has 0 aromatic heterocycles. The van der Waals surface area contributed by atoms with Crippen molar-refractivity contribution in [2.24, 2.45) is 0 Å². The van der Waals surface area contributed by atoms with Crippen molar-refractivity contribution in [3.05, 3.63) is 64.9 Å². The second-order valence-electron chi connectivity index (χ2n) is 5.75. The number of anilines is 1. The molecule has 1 unspecified atom stereocenters. The van der Waals surface area contributed by atoms with Crippen LogP contribution in [0.5, 0.6) is 0 Å². The van der Waals surface area contributed by atoms with E-state index in [9.17, 15) is 14.0 Å². The predicted octanol–water partition coefficient (Wildman–Crippen LogP) is 2.94. The Morgan fingerprint density at radius 1 is 1.17 bits per heavy atom. The Balaban J connectivity index is 1.58. The van der Waals surface area contributed by atoms with E-state index in [2.05, 4.69) is 5.32 Å². The third-order valence-corrected chi connectivity index (χ3v) is 4.16. The Morgan fingerprint density at radius 2 is 1.83 bits per heavy atom. The zero-order chi connectivity index (χ0) is 17.1. The Hall–Kier alpha value is -2.40. The molecule has 3 rings (SSSR count). The van der Waals surface area contributed by atoms with Gasteiger partial charge in [-0.1, -0.05) is 23.7 Å². The molecule has 1 aliphatic rings. The van der Waals surface area contributed by atoms with Crippen molar-refractivity contribution in [3.63, 3.8) is 0 Å². The molecule has 1 N–H and O–H groups in total. The number of carbonyl (C=O) groups is 2. The molecule has 0 spiro atoms. The summed E-state index contributed by atoms with van der Waals surface area (Å²) in [5.74, 6) is -0.576. The lowest BCUT2D eigenvalue weighted by Gasteiger charge is -2.17. The number of rotatable bonds is 4. The van der Waals surface area contributed by atoms with Gasteiger partial charge in [-0.15, -0.1) is 0 Å². The highest BCUT2D eigenvalue weighted by Crippen LogP contribution is 2.22. The van der Waals surface area contributed by atoms with Crippen molar-refractivity contribution in [2.45, 2.75) is 18.9 Å². The van der Waals surface area contributed by atoms with Gasteiger partial charge in [-0.2, -0.15) is 0 Å². The minimum Gasteiger partial charge on any atom is -0.351 e. The molecule has 2 aromatic carbocycles. The lowest BCUT2D eigenvalue weighted by atomic mass is 10.1. The lowest BCUT2D eigenvalue weighted by Crippen LogP contribution is -2.38. The normalized spacial score (nSPS) is 17.2. The number of hydrogen-bond donors (Lipinski definition) is 1. The van der Waals surface area contributed by atoms with Gasteiger partial charge in [0.05, 0.1) is 12.5 Å². The molecule has 0 radical (unpaired) electrons. The molecule has 1 saturated heterocycles. The van der Waals surface area contributed by atoms with E-state index in [0.29, 0.717) is 17.3 Å². The molecule has 1 aliphatic heterocycles. The summed E-state index contributed by atoms with van der Waals surface area (Å²) >= 11 is 5.82. The van der Waals surface area contributed by atoms with Crippen LogP contribution in [-0.4, -0.2) is 24.4 Å². The largest absolute Gasteiger partial charge is 0.351 e. The Kier molecular flexibility index (Phi) is 4.81. The maximum atomic E-state index is 13.0. The first kappa shape index (κ1) is 16.5. The first-order chi connectivity index (χ1) is 11.5. The van der Waals surface area contributed by atoms with Crippen molar-refractivity contribution in [2.75, 3.05) is 11.4 Å². The van der Waals surface area contributed by atoms with Crippen LogP contribution >= 0.6 is 11.6 Å². The summed E-state index contributed by atoms with van der Waals surface area (Å²) in [6, 6.07) is 12.6. The minimum absolute atomic E-state index is 0.0848. The van der Waals surface area contributed by atoms with E-state index in [-0.39, 0.29) is 36.5 Å². The van der Waals surface area contributed by atoms with Gasteiger partial charge in [0.15, 0.2) is 0 Å². The molecule has 2 aromatic rings. The summed E-state index contributed by atoms with van der Waals surface area (Å²) in [5, 5.41) is 3.50. The van der Waals surface area contributed by atoms with Crippen molar-refractivity contribution < 1.29 is 14.0 Å². The van der Waals surface area contributed by atoms with Crippen LogP contribution in [0.4, 0.5) is 10.1 Å². The Morgan fingerprint density at radius 3 is 2.50 bits per heavy atom. The van der Waals surface area contributed by atoms with Crippen LogP contribution in [0.3, 0.4) is 0 Å². The number of carbonyl (C=O) groups excluding carboxylic acids is 2. The van der Waals surface area contributed by atoms with E-state index in [1.165, 1.54) is 12.1 Å². The van der Waals surface area contributed by atoms with E-state index >= 15 is 0 Å². The maximum Gasteiger partial charge on any atom is 0.229 e. The van der Waals surface area contributed by atoms with Crippen molar-refractivity contribution in [3.8, 4) is 0 Å². The molecular weight excluding hydrogens is 331 g/mol. The van der Waals surface area contributed by atoms with Crippen molar-refractivity contribution in [1.29, 1.82) is 0 Å². The number of nitrogens with one attached hydrogen (secondary N) is 1. The summed E-state index contributed by atoms with van der Waals surface area (Å²) in [6.07, 6.45) is 0.474. The van der Waals surface area contributed by atoms with E-state index in [0.717, 1.165) is 5.56 Å². The number of halogens is 2. The van der Waals surface area contributed by atoms with Crippen molar-refractivity contribution in [1.82, 2.24) is 5.32 Å². The molecule has 0 aliphatic carbocycles. The SMILES string of the molecule is O=C(Cc1ccc(Cl)cc1)NC1CC(=O)N(c2ccc(F)cc2)C1. The van der Waals surface area contributed by atoms with Crippen LogP contribution in [0.25, 0.3) is 0 Å². The van der Waals surface area contributed by atoms with Crippen LogP contribution in [0.2, 0.25) is 5.02 Å². The fourth-order valence-corrected chi connectivity index (χ4v) is 2.87. The van der Waals surface area contributed by atoms with Gasteiger partial charge < -0.3 is 10.2 Å². The quantitative estimate of drug-likeness (QED) is 0.925. The second-order valence-corrected chi connectivity index (χ2v) is 6.19. The summed E-state index contributed by atoms with van der Waals surface area (Å²) in [4.78, 5) is 25.8. The topological polar surface area (TPSA) is 49.4 Å². The van der Waals surface area contributed by atoms with Gasteiger partial charge in [0.1, 0.15) is 5.82 Å². The molecule has 6 heteroatoms. The predicted molar refractivity (Wildman–Crippen MR) is 90.5 cm³/mol. The highest BCUT2D eigenvalue weighted by molar-refractivity contribution is 6.30. The smallest absolute Gasteiger partial charge is 0.229 e. The molecule has 24 heavy (non-hydrogen) atoms. The fraction of sp³-hybridized carbons (Fsp3) is 0.222. The van der Waals surface area contributed by atoms with Gasteiger partial charge in [-0.25, -0.2) is 4.39 Å². The summed E-state index contributed by atoms with van der Waals surface area (Å²) in [6.45, 7) is 0.386. The standard InChI is InChI=1S/C18H16ClFN2O2/c19-13-3-1-12(2-4-13)9-17(23)21-15-10-18(24)22(11-15)16-7-5-14(20)6-8-16/h1-8,15H,9-11H2,(H,21,23). The Labute approximate surface area is 144 Å². The van der Waals surface area contributed by atoms with Crippen LogP contribution in [0, 0.1) is 5.82 Å². The van der Waals surface area contributed by atoms with Crippen molar-refractivity contribution >= 4 is 29.1 Å². The maximum absolute atomic E-state index is 13.0. The van der Waals surface area contributed by atoms with Crippen LogP contribution in [-0.2, 0) is 16.0 Å². The van der Waals surface area contributed by atoms with E-state index in [1.54, 1.807) is 41.3 Å². The van der Waals surface area contributed by atoms with Crippen LogP contribution < -0.4 is 10.2 Å². The van der Waals surface area contributed by atoms with Gasteiger partial charge in [-0.05, 0) is 42.0 Å². The number of benzene rings is 2. The summed E-state index contributed by atoms with van der Waals surface area (Å²) in [7, 11) is 0. The molecular formula is C18H16ClFN2O2. The monoisotopic (exact) mass is 346 g/mol. The van der Waals surface area contributed by atoms with Gasteiger partial charge in [-0.3, -0.25) is 9.59 Å². The zero-order valence-electron chi connectivity index (χ0n) is 12.8. The van der Waals surface area contributed by atoms with E-state index in [4.69, 9.17) is 11.6 Å². The average Bonchev–Trinajstić information content (AvgIpc) is 2.90. The third-order valence-electron chi connectivity index (χ3n) is 3.91. The molecule has 4 nitrogen and oxygen atoms in total. The molecule has 0 bridgehead atoms. The number of amides is 2. The molecule has 2 amide bonds. The van der Waals surface area contributed by atoms with Crippen LogP contribution in [0.1, 0.15) is 12.0 Å². The van der Waals surface area contributed by atoms with Gasteiger partial charge in [0.25, 0.3) is 0 Å². The van der Waals surface area contributed by atoms with Gasteiger partial charge >= 0.3 is 0 Å². The van der Waals surface area contributed by atoms with E-state index < -0.39 is 0 Å².